The molecule has 0 spiro atoms. The van der Waals surface area contributed by atoms with Crippen molar-refractivity contribution in [1.29, 1.82) is 0 Å². The van der Waals surface area contributed by atoms with E-state index in [0.717, 1.165) is 0 Å². The number of benzene rings is 1. The van der Waals surface area contributed by atoms with Gasteiger partial charge in [0.2, 0.25) is 0 Å². The molecule has 1 unspecified atom stereocenters. The lowest BCUT2D eigenvalue weighted by Crippen LogP contribution is -2.21. The van der Waals surface area contributed by atoms with Crippen LogP contribution in [0.25, 0.3) is 0 Å². The van der Waals surface area contributed by atoms with Crippen LogP contribution in [-0.2, 0) is 6.18 Å². The summed E-state index contributed by atoms with van der Waals surface area (Å²) in [6, 6.07) is 3.62. The quantitative estimate of drug-likeness (QED) is 0.770. The van der Waals surface area contributed by atoms with Crippen LogP contribution in [0.15, 0.2) is 28.9 Å². The van der Waals surface area contributed by atoms with Crippen LogP contribution in [0.4, 0.5) is 17.6 Å². The summed E-state index contributed by atoms with van der Waals surface area (Å²) >= 11 is 3.83. The highest BCUT2D eigenvalue weighted by Gasteiger charge is 2.35. The monoisotopic (exact) mass is 382 g/mol. The van der Waals surface area contributed by atoms with Crippen molar-refractivity contribution >= 4 is 27.3 Å². The zero-order valence-corrected chi connectivity index (χ0v) is 13.2. The molecule has 0 aliphatic carbocycles. The number of aromatic nitrogens is 1. The Balaban J connectivity index is 2.41. The molecule has 1 aromatic heterocycles. The summed E-state index contributed by atoms with van der Waals surface area (Å²) in [5, 5.41) is 2.20. The van der Waals surface area contributed by atoms with Crippen molar-refractivity contribution in [2.45, 2.75) is 19.1 Å². The maximum atomic E-state index is 13.2. The molecule has 0 saturated heterocycles. The maximum absolute atomic E-state index is 13.2. The van der Waals surface area contributed by atoms with Gasteiger partial charge in [0.25, 0.3) is 0 Å². The number of rotatable bonds is 4. The van der Waals surface area contributed by atoms with E-state index >= 15 is 0 Å². The van der Waals surface area contributed by atoms with Gasteiger partial charge in [0, 0.05) is 15.5 Å². The highest BCUT2D eigenvalue weighted by atomic mass is 79.9. The Morgan fingerprint density at radius 2 is 2.10 bits per heavy atom. The molecule has 1 heterocycles. The Kier molecular flexibility index (Phi) is 5.00. The number of nitrogens with one attached hydrogen (secondary N) is 1. The molecule has 0 fully saturated rings. The molecular weight excluding hydrogens is 372 g/mol. The molecule has 2 aromatic rings. The zero-order valence-electron chi connectivity index (χ0n) is 10.8. The number of thiazole rings is 1. The number of hydrogen-bond acceptors (Lipinski definition) is 3. The van der Waals surface area contributed by atoms with Gasteiger partial charge in [-0.05, 0) is 24.2 Å². The second kappa shape index (κ2) is 6.41. The lowest BCUT2D eigenvalue weighted by Gasteiger charge is -2.18. The SMILES string of the molecule is CCNC(c1cnc(C(F)(F)F)s1)c1ccc(F)cc1Br. The largest absolute Gasteiger partial charge is 0.443 e. The first-order valence-corrected chi connectivity index (χ1v) is 7.65. The van der Waals surface area contributed by atoms with Crippen molar-refractivity contribution in [1.82, 2.24) is 10.3 Å². The maximum Gasteiger partial charge on any atom is 0.443 e. The van der Waals surface area contributed by atoms with Gasteiger partial charge >= 0.3 is 6.18 Å². The lowest BCUT2D eigenvalue weighted by molar-refractivity contribution is -0.137. The smallest absolute Gasteiger partial charge is 0.306 e. The molecule has 0 amide bonds. The minimum atomic E-state index is -4.46. The van der Waals surface area contributed by atoms with Crippen molar-refractivity contribution in [2.75, 3.05) is 6.54 Å². The van der Waals surface area contributed by atoms with Gasteiger partial charge in [-0.25, -0.2) is 9.37 Å². The third kappa shape index (κ3) is 3.81. The normalized spacial score (nSPS) is 13.4. The zero-order chi connectivity index (χ0) is 15.6. The van der Waals surface area contributed by atoms with E-state index in [1.165, 1.54) is 18.3 Å². The summed E-state index contributed by atoms with van der Waals surface area (Å²) in [5.41, 5.74) is 0.663. The van der Waals surface area contributed by atoms with Crippen molar-refractivity contribution in [3.8, 4) is 0 Å². The van der Waals surface area contributed by atoms with Crippen LogP contribution in [0.3, 0.4) is 0 Å². The molecule has 8 heteroatoms. The Morgan fingerprint density at radius 1 is 1.38 bits per heavy atom. The average Bonchev–Trinajstić information content (AvgIpc) is 2.86. The molecule has 1 atom stereocenters. The van der Waals surface area contributed by atoms with E-state index in [0.29, 0.717) is 32.8 Å². The third-order valence-electron chi connectivity index (χ3n) is 2.73. The van der Waals surface area contributed by atoms with Gasteiger partial charge < -0.3 is 5.32 Å². The van der Waals surface area contributed by atoms with Crippen LogP contribution in [0, 0.1) is 5.82 Å². The Morgan fingerprint density at radius 3 is 2.62 bits per heavy atom. The highest BCUT2D eigenvalue weighted by molar-refractivity contribution is 9.10. The van der Waals surface area contributed by atoms with Crippen molar-refractivity contribution in [3.63, 3.8) is 0 Å². The fourth-order valence-electron chi connectivity index (χ4n) is 1.85. The van der Waals surface area contributed by atoms with Gasteiger partial charge in [0.05, 0.1) is 6.04 Å². The van der Waals surface area contributed by atoms with E-state index < -0.39 is 23.0 Å². The van der Waals surface area contributed by atoms with Gasteiger partial charge in [-0.3, -0.25) is 0 Å². The average molecular weight is 383 g/mol. The summed E-state index contributed by atoms with van der Waals surface area (Å²) in [5.74, 6) is -0.416. The third-order valence-corrected chi connectivity index (χ3v) is 4.53. The molecule has 1 aromatic carbocycles. The first-order valence-electron chi connectivity index (χ1n) is 6.04. The second-order valence-corrected chi connectivity index (χ2v) is 6.14. The topological polar surface area (TPSA) is 24.9 Å². The summed E-state index contributed by atoms with van der Waals surface area (Å²) in [4.78, 5) is 3.85. The fourth-order valence-corrected chi connectivity index (χ4v) is 3.31. The molecule has 0 aliphatic heterocycles. The first-order chi connectivity index (χ1) is 9.82. The summed E-state index contributed by atoms with van der Waals surface area (Å²) in [6.07, 6.45) is -3.25. The highest BCUT2D eigenvalue weighted by Crippen LogP contribution is 2.37. The second-order valence-electron chi connectivity index (χ2n) is 4.22. The number of nitrogens with zero attached hydrogens (tertiary/aromatic N) is 1. The van der Waals surface area contributed by atoms with Crippen LogP contribution in [0.5, 0.6) is 0 Å². The lowest BCUT2D eigenvalue weighted by atomic mass is 10.1. The van der Waals surface area contributed by atoms with Gasteiger partial charge in [0.1, 0.15) is 5.82 Å². The molecule has 0 radical (unpaired) electrons. The van der Waals surface area contributed by atoms with Crippen LogP contribution in [0.1, 0.15) is 28.4 Å². The van der Waals surface area contributed by atoms with Gasteiger partial charge in [-0.1, -0.05) is 28.9 Å². The van der Waals surface area contributed by atoms with Crippen LogP contribution in [-0.4, -0.2) is 11.5 Å². The van der Waals surface area contributed by atoms with Crippen molar-refractivity contribution < 1.29 is 17.6 Å². The number of hydrogen-bond donors (Lipinski definition) is 1. The summed E-state index contributed by atoms with van der Waals surface area (Å²) < 4.78 is 51.6. The van der Waals surface area contributed by atoms with Gasteiger partial charge in [-0.15, -0.1) is 11.3 Å². The van der Waals surface area contributed by atoms with E-state index in [1.807, 2.05) is 6.92 Å². The predicted molar refractivity (Wildman–Crippen MR) is 76.7 cm³/mol. The summed E-state index contributed by atoms with van der Waals surface area (Å²) in [7, 11) is 0. The Bertz CT molecular complexity index is 627. The molecule has 0 bridgehead atoms. The predicted octanol–water partition coefficient (Wildman–Crippen LogP) is 4.76. The van der Waals surface area contributed by atoms with Crippen molar-refractivity contribution in [3.05, 3.63) is 50.1 Å². The van der Waals surface area contributed by atoms with E-state index in [4.69, 9.17) is 0 Å². The summed E-state index contributed by atoms with van der Waals surface area (Å²) in [6.45, 7) is 2.39. The molecule has 0 saturated carbocycles. The van der Waals surface area contributed by atoms with Crippen molar-refractivity contribution in [2.24, 2.45) is 0 Å². The van der Waals surface area contributed by atoms with E-state index in [-0.39, 0.29) is 0 Å². The number of alkyl halides is 3. The first kappa shape index (κ1) is 16.4. The van der Waals surface area contributed by atoms with Crippen LogP contribution in [0.2, 0.25) is 0 Å². The van der Waals surface area contributed by atoms with Crippen LogP contribution < -0.4 is 5.32 Å². The molecule has 21 heavy (non-hydrogen) atoms. The minimum absolute atomic E-state index is 0.416. The Hall–Kier alpha value is -0.990. The van der Waals surface area contributed by atoms with Gasteiger partial charge in [0.15, 0.2) is 5.01 Å². The molecule has 2 nitrogen and oxygen atoms in total. The standard InChI is InChI=1S/C13H11BrF4N2S/c1-2-19-11(8-4-3-7(15)5-9(8)14)10-6-20-12(21-10)13(16,17)18/h3-6,11,19H,2H2,1H3. The minimum Gasteiger partial charge on any atom is -0.306 e. The van der Waals surface area contributed by atoms with E-state index in [2.05, 4.69) is 26.2 Å². The Labute approximate surface area is 131 Å². The van der Waals surface area contributed by atoms with E-state index in [1.54, 1.807) is 6.07 Å². The fraction of sp³-hybridized carbons (Fsp3) is 0.308. The van der Waals surface area contributed by atoms with E-state index in [9.17, 15) is 17.6 Å². The molecule has 1 N–H and O–H groups in total. The molecular formula is C13H11BrF4N2S. The molecule has 0 aliphatic rings. The molecule has 114 valence electrons. The van der Waals surface area contributed by atoms with Gasteiger partial charge in [-0.2, -0.15) is 13.2 Å². The van der Waals surface area contributed by atoms with Crippen LogP contribution >= 0.6 is 27.3 Å². The molecule has 2 rings (SSSR count). The number of halogens is 5.